The Balaban J connectivity index is 1.70. The van der Waals surface area contributed by atoms with Gasteiger partial charge in [-0.1, -0.05) is 19.1 Å². The zero-order valence-electron chi connectivity index (χ0n) is 10.8. The molecule has 0 spiro atoms. The molecule has 0 saturated heterocycles. The number of ether oxygens (including phenoxy) is 2. The maximum Gasteiger partial charge on any atom is 0.316 e. The summed E-state index contributed by atoms with van der Waals surface area (Å²) in [5, 5.41) is 0. The first-order chi connectivity index (χ1) is 8.16. The molecule has 3 unspecified atom stereocenters. The van der Waals surface area contributed by atoms with Crippen LogP contribution in [0.3, 0.4) is 0 Å². The van der Waals surface area contributed by atoms with E-state index in [1.807, 2.05) is 6.92 Å². The van der Waals surface area contributed by atoms with Gasteiger partial charge in [-0.2, -0.15) is 0 Å². The third kappa shape index (κ3) is 2.71. The summed E-state index contributed by atoms with van der Waals surface area (Å²) in [4.78, 5) is 12.0. The number of carbonyl (C=O) groups is 1. The van der Waals surface area contributed by atoms with E-state index >= 15 is 0 Å². The van der Waals surface area contributed by atoms with E-state index < -0.39 is 0 Å². The van der Waals surface area contributed by atoms with Gasteiger partial charge in [-0.05, 0) is 38.5 Å². The molecule has 0 heterocycles. The quantitative estimate of drug-likeness (QED) is 0.405. The van der Waals surface area contributed by atoms with Crippen molar-refractivity contribution < 1.29 is 14.3 Å². The van der Waals surface area contributed by atoms with Gasteiger partial charge in [0.05, 0.1) is 18.1 Å². The number of esters is 1. The van der Waals surface area contributed by atoms with E-state index in [9.17, 15) is 4.79 Å². The van der Waals surface area contributed by atoms with Crippen LogP contribution in [0.5, 0.6) is 0 Å². The molecular formula is C14H22O3. The Bertz CT molecular complexity index is 311. The fraction of sp³-hybridized carbons (Fsp3) is 0.786. The normalized spacial score (nSPS) is 31.8. The van der Waals surface area contributed by atoms with Crippen LogP contribution in [0.15, 0.2) is 12.2 Å². The number of allylic oxidation sites excluding steroid dienone is 1. The van der Waals surface area contributed by atoms with Crippen molar-refractivity contribution in [3.05, 3.63) is 12.2 Å². The maximum absolute atomic E-state index is 12.0. The van der Waals surface area contributed by atoms with E-state index in [1.54, 1.807) is 0 Å². The van der Waals surface area contributed by atoms with Crippen molar-refractivity contribution in [3.63, 3.8) is 0 Å². The average Bonchev–Trinajstić information content (AvgIpc) is 2.95. The lowest BCUT2D eigenvalue weighted by atomic mass is 9.88. The predicted molar refractivity (Wildman–Crippen MR) is 65.6 cm³/mol. The van der Waals surface area contributed by atoms with Crippen molar-refractivity contribution in [2.45, 2.75) is 45.6 Å². The highest BCUT2D eigenvalue weighted by atomic mass is 16.6. The summed E-state index contributed by atoms with van der Waals surface area (Å²) in [7, 11) is 0. The first kappa shape index (κ1) is 12.6. The highest BCUT2D eigenvalue weighted by Crippen LogP contribution is 2.49. The molecule has 1 saturated carbocycles. The fourth-order valence-electron chi connectivity index (χ4n) is 2.65. The molecule has 2 bridgehead atoms. The van der Waals surface area contributed by atoms with Gasteiger partial charge >= 0.3 is 5.97 Å². The lowest BCUT2D eigenvalue weighted by molar-refractivity contribution is -0.154. The molecular weight excluding hydrogens is 216 g/mol. The summed E-state index contributed by atoms with van der Waals surface area (Å²) in [6.45, 7) is 4.99. The van der Waals surface area contributed by atoms with Gasteiger partial charge in [0.2, 0.25) is 0 Å². The molecule has 2 aliphatic rings. The number of hydrogen-bond acceptors (Lipinski definition) is 3. The highest BCUT2D eigenvalue weighted by Gasteiger charge is 2.47. The maximum atomic E-state index is 12.0. The van der Waals surface area contributed by atoms with Crippen LogP contribution in [0.1, 0.15) is 39.5 Å². The fourth-order valence-corrected chi connectivity index (χ4v) is 2.65. The van der Waals surface area contributed by atoms with E-state index in [1.165, 1.54) is 0 Å². The minimum absolute atomic E-state index is 0.0542. The Kier molecular flexibility index (Phi) is 3.87. The van der Waals surface area contributed by atoms with Crippen LogP contribution in [0.2, 0.25) is 0 Å². The van der Waals surface area contributed by atoms with Gasteiger partial charge in [0, 0.05) is 0 Å². The van der Waals surface area contributed by atoms with Crippen molar-refractivity contribution in [2.24, 2.45) is 11.3 Å². The molecule has 0 radical (unpaired) electrons. The number of rotatable bonds is 6. The van der Waals surface area contributed by atoms with Gasteiger partial charge in [-0.15, -0.1) is 0 Å². The summed E-state index contributed by atoms with van der Waals surface area (Å²) in [6.07, 6.45) is 8.50. The molecule has 0 aromatic rings. The van der Waals surface area contributed by atoms with Gasteiger partial charge in [-0.25, -0.2) is 0 Å². The lowest BCUT2D eigenvalue weighted by Gasteiger charge is -2.21. The van der Waals surface area contributed by atoms with E-state index in [0.717, 1.165) is 25.7 Å². The molecule has 3 heteroatoms. The monoisotopic (exact) mass is 238 g/mol. The Labute approximate surface area is 103 Å². The number of carbonyl (C=O) groups excluding carboxylic acids is 1. The van der Waals surface area contributed by atoms with E-state index in [-0.39, 0.29) is 17.5 Å². The smallest absolute Gasteiger partial charge is 0.316 e. The summed E-state index contributed by atoms with van der Waals surface area (Å²) >= 11 is 0. The van der Waals surface area contributed by atoms with Gasteiger partial charge in [-0.3, -0.25) is 4.79 Å². The van der Waals surface area contributed by atoms with Gasteiger partial charge in [0.1, 0.15) is 6.61 Å². The molecule has 3 nitrogen and oxygen atoms in total. The van der Waals surface area contributed by atoms with Crippen molar-refractivity contribution in [1.82, 2.24) is 0 Å². The third-order valence-corrected chi connectivity index (χ3v) is 3.98. The summed E-state index contributed by atoms with van der Waals surface area (Å²) in [6, 6.07) is 0. The molecule has 17 heavy (non-hydrogen) atoms. The standard InChI is InChI=1S/C14H22O3/c1-3-11(2)16-8-9-17-13(15)14-6-4-12(10-14)5-7-14/h4,6,11-12H,3,5,7-10H2,1-2H3. The largest absolute Gasteiger partial charge is 0.463 e. The Morgan fingerprint density at radius 1 is 1.53 bits per heavy atom. The van der Waals surface area contributed by atoms with Crippen LogP contribution >= 0.6 is 0 Å². The first-order valence-electron chi connectivity index (χ1n) is 6.64. The molecule has 0 amide bonds. The molecule has 2 aliphatic carbocycles. The van der Waals surface area contributed by atoms with E-state index in [0.29, 0.717) is 19.1 Å². The van der Waals surface area contributed by atoms with Gasteiger partial charge < -0.3 is 9.47 Å². The molecule has 3 atom stereocenters. The summed E-state index contributed by atoms with van der Waals surface area (Å²) < 4.78 is 10.8. The number of fused-ring (bicyclic) bond motifs is 2. The van der Waals surface area contributed by atoms with E-state index in [2.05, 4.69) is 19.1 Å². The lowest BCUT2D eigenvalue weighted by Crippen LogP contribution is -2.28. The predicted octanol–water partition coefficient (Wildman–Crippen LogP) is 2.70. The Hall–Kier alpha value is -0.830. The zero-order valence-corrected chi connectivity index (χ0v) is 10.8. The molecule has 0 N–H and O–H groups in total. The van der Waals surface area contributed by atoms with Gasteiger partial charge in [0.15, 0.2) is 0 Å². The van der Waals surface area contributed by atoms with Crippen LogP contribution < -0.4 is 0 Å². The molecule has 1 fully saturated rings. The van der Waals surface area contributed by atoms with Crippen molar-refractivity contribution >= 4 is 5.97 Å². The van der Waals surface area contributed by atoms with Crippen LogP contribution in [0, 0.1) is 11.3 Å². The van der Waals surface area contributed by atoms with Crippen molar-refractivity contribution in [3.8, 4) is 0 Å². The molecule has 2 rings (SSSR count). The molecule has 0 aromatic heterocycles. The summed E-state index contributed by atoms with van der Waals surface area (Å²) in [5.41, 5.74) is -0.291. The van der Waals surface area contributed by atoms with Crippen LogP contribution in [-0.2, 0) is 14.3 Å². The van der Waals surface area contributed by atoms with Crippen LogP contribution in [0.4, 0.5) is 0 Å². The average molecular weight is 238 g/mol. The second-order valence-corrected chi connectivity index (χ2v) is 5.24. The minimum atomic E-state index is -0.291. The van der Waals surface area contributed by atoms with Crippen molar-refractivity contribution in [2.75, 3.05) is 13.2 Å². The second-order valence-electron chi connectivity index (χ2n) is 5.24. The van der Waals surface area contributed by atoms with Crippen LogP contribution in [0.25, 0.3) is 0 Å². The molecule has 0 aromatic carbocycles. The SMILES string of the molecule is CCC(C)OCCOC(=O)C12C=CC(CC1)C2. The topological polar surface area (TPSA) is 35.5 Å². The minimum Gasteiger partial charge on any atom is -0.463 e. The van der Waals surface area contributed by atoms with Crippen LogP contribution in [-0.4, -0.2) is 25.3 Å². The first-order valence-corrected chi connectivity index (χ1v) is 6.64. The molecule has 0 aliphatic heterocycles. The summed E-state index contributed by atoms with van der Waals surface area (Å²) in [5.74, 6) is 0.556. The third-order valence-electron chi connectivity index (χ3n) is 3.98. The van der Waals surface area contributed by atoms with Crippen molar-refractivity contribution in [1.29, 1.82) is 0 Å². The molecule has 96 valence electrons. The Morgan fingerprint density at radius 3 is 2.88 bits per heavy atom. The van der Waals surface area contributed by atoms with E-state index in [4.69, 9.17) is 9.47 Å². The highest BCUT2D eigenvalue weighted by molar-refractivity contribution is 5.80. The Morgan fingerprint density at radius 2 is 2.35 bits per heavy atom. The number of hydrogen-bond donors (Lipinski definition) is 0. The second kappa shape index (κ2) is 5.21. The van der Waals surface area contributed by atoms with Gasteiger partial charge in [0.25, 0.3) is 0 Å². The zero-order chi connectivity index (χ0) is 12.3.